The topological polar surface area (TPSA) is 245 Å². The Morgan fingerprint density at radius 3 is 2.45 bits per heavy atom. The van der Waals surface area contributed by atoms with Crippen molar-refractivity contribution in [2.75, 3.05) is 18.5 Å². The second-order valence-electron chi connectivity index (χ2n) is 8.64. The highest BCUT2D eigenvalue weighted by atomic mass is 32.7. The summed E-state index contributed by atoms with van der Waals surface area (Å²) in [5.41, 5.74) is -0.834. The van der Waals surface area contributed by atoms with Crippen molar-refractivity contribution in [2.45, 2.75) is 75.2 Å². The second kappa shape index (κ2) is 13.3. The number of nitrogens with zero attached hydrogens (tertiary/aromatic N) is 2. The maximum absolute atomic E-state index is 12.3. The number of phosphoric ester groups is 1. The van der Waals surface area contributed by atoms with E-state index >= 15 is 0 Å². The SMILES string of the molecule is CCCNc1ccn([C@@H]2O[C@H](COP(=O)([O-])OP(=O)([O-])OP(=O)([O-])SC3CCCCC3)[C@H](O)C2O)c(=O)n1. The van der Waals surface area contributed by atoms with Crippen LogP contribution in [0.3, 0.4) is 0 Å². The molecule has 2 aliphatic rings. The van der Waals surface area contributed by atoms with Gasteiger partial charge in [-0.2, -0.15) is 4.98 Å². The summed E-state index contributed by atoms with van der Waals surface area (Å²) in [6.45, 7) is -3.65. The number of aliphatic hydroxyl groups is 2. The van der Waals surface area contributed by atoms with Gasteiger partial charge in [0, 0.05) is 18.0 Å². The lowest BCUT2D eigenvalue weighted by atomic mass is 10.0. The zero-order valence-corrected chi connectivity index (χ0v) is 23.7. The van der Waals surface area contributed by atoms with Crippen molar-refractivity contribution in [3.8, 4) is 0 Å². The van der Waals surface area contributed by atoms with Gasteiger partial charge in [-0.1, -0.05) is 37.6 Å². The van der Waals surface area contributed by atoms with Crippen molar-refractivity contribution in [1.29, 1.82) is 0 Å². The molecule has 38 heavy (non-hydrogen) atoms. The maximum Gasteiger partial charge on any atom is 0.351 e. The van der Waals surface area contributed by atoms with Crippen LogP contribution in [0.15, 0.2) is 17.1 Å². The average Bonchev–Trinajstić information content (AvgIpc) is 3.09. The predicted molar refractivity (Wildman–Crippen MR) is 129 cm³/mol. The molecule has 218 valence electrons. The van der Waals surface area contributed by atoms with Crippen LogP contribution in [0.1, 0.15) is 51.7 Å². The Morgan fingerprint density at radius 2 is 1.82 bits per heavy atom. The highest BCUT2D eigenvalue weighted by molar-refractivity contribution is 8.55. The smallest absolute Gasteiger partial charge is 0.351 e. The van der Waals surface area contributed by atoms with Crippen LogP contribution in [-0.4, -0.2) is 56.5 Å². The summed E-state index contributed by atoms with van der Waals surface area (Å²) < 4.78 is 54.6. The molecule has 0 spiro atoms. The number of hydrogen-bond acceptors (Lipinski definition) is 16. The molecule has 20 heteroatoms. The molecule has 2 heterocycles. The van der Waals surface area contributed by atoms with E-state index in [1.54, 1.807) is 0 Å². The maximum atomic E-state index is 12.3. The monoisotopic (exact) mass is 620 g/mol. The van der Waals surface area contributed by atoms with E-state index in [0.29, 0.717) is 19.4 Å². The standard InChI is InChI=1S/C18H32N3O13P3S/c1-2-9-19-14-8-10-21(18(24)20-14)17-16(23)15(22)13(32-17)11-31-35(25,26)33-36(27,28)34-37(29,30)38-12-6-4-3-5-7-12/h8,10,12-13,15-17,22-23H,2-7,9,11H2,1H3,(H,25,26)(H,27,28)(H,29,30)(H,19,20,24)/p-3/t13-,15+,16?,17-/m1/s1. The fourth-order valence-corrected chi connectivity index (χ4v) is 10.6. The molecule has 16 nitrogen and oxygen atoms in total. The third-order valence-electron chi connectivity index (χ3n) is 5.62. The van der Waals surface area contributed by atoms with Crippen LogP contribution in [0, 0.1) is 0 Å². The zero-order valence-electron chi connectivity index (χ0n) is 20.2. The molecule has 1 saturated heterocycles. The van der Waals surface area contributed by atoms with Crippen LogP contribution in [0.2, 0.25) is 0 Å². The Morgan fingerprint density at radius 1 is 1.13 bits per heavy atom. The van der Waals surface area contributed by atoms with Crippen LogP contribution in [0.25, 0.3) is 0 Å². The minimum atomic E-state index is -5.93. The van der Waals surface area contributed by atoms with Crippen LogP contribution in [0.4, 0.5) is 5.82 Å². The van der Waals surface area contributed by atoms with Gasteiger partial charge in [-0.25, -0.2) is 9.11 Å². The Hall–Kier alpha value is -0.640. The quantitative estimate of drug-likeness (QED) is 0.249. The average molecular weight is 620 g/mol. The number of aromatic nitrogens is 2. The summed E-state index contributed by atoms with van der Waals surface area (Å²) in [6, 6.07) is 1.43. The molecule has 0 bridgehead atoms. The van der Waals surface area contributed by atoms with Gasteiger partial charge >= 0.3 is 5.69 Å². The first-order valence-corrected chi connectivity index (χ1v) is 17.7. The van der Waals surface area contributed by atoms with E-state index in [1.807, 2.05) is 6.92 Å². The summed E-state index contributed by atoms with van der Waals surface area (Å²) in [4.78, 5) is 52.2. The van der Waals surface area contributed by atoms with E-state index in [0.717, 1.165) is 30.3 Å². The minimum Gasteiger partial charge on any atom is -0.770 e. The highest BCUT2D eigenvalue weighted by Crippen LogP contribution is 2.68. The fourth-order valence-electron chi connectivity index (χ4n) is 3.88. The van der Waals surface area contributed by atoms with E-state index in [2.05, 4.69) is 23.4 Å². The first-order chi connectivity index (χ1) is 17.7. The minimum absolute atomic E-state index is 0.273. The summed E-state index contributed by atoms with van der Waals surface area (Å²) in [6.07, 6.45) is -0.930. The van der Waals surface area contributed by atoms with Crippen molar-refractivity contribution in [3.63, 3.8) is 0 Å². The lowest BCUT2D eigenvalue weighted by Gasteiger charge is -2.36. The molecule has 1 aromatic rings. The predicted octanol–water partition coefficient (Wildman–Crippen LogP) is 0.205. The summed E-state index contributed by atoms with van der Waals surface area (Å²) >= 11 is 0.289. The third kappa shape index (κ3) is 9.20. The molecule has 0 amide bonds. The molecule has 1 aromatic heterocycles. The number of ether oxygens (including phenoxy) is 1. The Kier molecular flexibility index (Phi) is 11.2. The molecule has 4 unspecified atom stereocenters. The third-order valence-corrected chi connectivity index (χ3v) is 12.6. The Balaban J connectivity index is 1.57. The molecule has 0 radical (unpaired) electrons. The highest BCUT2D eigenvalue weighted by Gasteiger charge is 2.45. The molecule has 1 aliphatic carbocycles. The van der Waals surface area contributed by atoms with Crippen molar-refractivity contribution in [2.24, 2.45) is 0 Å². The number of anilines is 1. The van der Waals surface area contributed by atoms with Gasteiger partial charge in [0.1, 0.15) is 24.1 Å². The molecule has 0 aromatic carbocycles. The summed E-state index contributed by atoms with van der Waals surface area (Å²) in [5, 5.41) is 23.0. The number of aliphatic hydroxyl groups excluding tert-OH is 2. The Labute approximate surface area is 222 Å². The van der Waals surface area contributed by atoms with Gasteiger partial charge in [0.25, 0.3) is 15.6 Å². The lowest BCUT2D eigenvalue weighted by Crippen LogP contribution is -2.36. The normalized spacial score (nSPS) is 29.3. The number of nitrogens with one attached hydrogen (secondary N) is 1. The largest absolute Gasteiger partial charge is 0.770 e. The van der Waals surface area contributed by atoms with Crippen LogP contribution >= 0.6 is 33.8 Å². The number of hydrogen-bond donors (Lipinski definition) is 3. The first kappa shape index (κ1) is 31.9. The molecule has 3 rings (SSSR count). The fraction of sp³-hybridized carbons (Fsp3) is 0.778. The molecular formula is C18H29N3O13P3S-3. The van der Waals surface area contributed by atoms with Crippen LogP contribution < -0.4 is 25.7 Å². The van der Waals surface area contributed by atoms with E-state index in [1.165, 1.54) is 12.3 Å². The zero-order chi connectivity index (χ0) is 28.1. The molecular weight excluding hydrogens is 591 g/mol. The first-order valence-electron chi connectivity index (χ1n) is 11.8. The van der Waals surface area contributed by atoms with Crippen LogP contribution in [0.5, 0.6) is 0 Å². The van der Waals surface area contributed by atoms with Crippen molar-refractivity contribution in [1.82, 2.24) is 9.55 Å². The van der Waals surface area contributed by atoms with Gasteiger partial charge in [-0.05, 0) is 25.3 Å². The van der Waals surface area contributed by atoms with E-state index < -0.39 is 64.5 Å². The Bertz CT molecular complexity index is 1150. The molecule has 2 fully saturated rings. The van der Waals surface area contributed by atoms with E-state index in [9.17, 15) is 43.4 Å². The van der Waals surface area contributed by atoms with E-state index in [4.69, 9.17) is 4.74 Å². The van der Waals surface area contributed by atoms with Crippen molar-refractivity contribution in [3.05, 3.63) is 22.7 Å². The molecule has 7 atom stereocenters. The van der Waals surface area contributed by atoms with Gasteiger partial charge in [0.05, 0.1) is 6.61 Å². The number of rotatable bonds is 13. The molecule has 1 saturated carbocycles. The summed E-state index contributed by atoms with van der Waals surface area (Å²) in [5.74, 6) is 0.273. The van der Waals surface area contributed by atoms with Crippen molar-refractivity contribution >= 4 is 39.6 Å². The summed E-state index contributed by atoms with van der Waals surface area (Å²) in [7, 11) is -11.7. The molecule has 3 N–H and O–H groups in total. The number of phosphoric acid groups is 2. The van der Waals surface area contributed by atoms with Crippen LogP contribution in [-0.2, 0) is 31.6 Å². The molecule has 1 aliphatic heterocycles. The van der Waals surface area contributed by atoms with Gasteiger partial charge in [-0.15, -0.1) is 0 Å². The van der Waals surface area contributed by atoms with Gasteiger partial charge in [0.2, 0.25) is 0 Å². The van der Waals surface area contributed by atoms with Gasteiger partial charge < -0.3 is 39.5 Å². The van der Waals surface area contributed by atoms with Gasteiger partial charge in [0.15, 0.2) is 13.0 Å². The van der Waals surface area contributed by atoms with E-state index in [-0.39, 0.29) is 17.2 Å². The van der Waals surface area contributed by atoms with Gasteiger partial charge in [-0.3, -0.25) is 22.6 Å². The lowest BCUT2D eigenvalue weighted by molar-refractivity contribution is -0.245. The second-order valence-corrected chi connectivity index (χ2v) is 15.7. The van der Waals surface area contributed by atoms with Crippen molar-refractivity contribution < 1.29 is 56.5 Å².